The quantitative estimate of drug-likeness (QED) is 0.0153. The maximum absolute atomic E-state index is 12.7. The molecule has 0 fully saturated rings. The molecular weight excluding hydrogens is 814 g/mol. The van der Waals surface area contributed by atoms with Gasteiger partial charge in [-0.15, -0.1) is 0 Å². The molecule has 0 saturated heterocycles. The first-order valence-electron chi connectivity index (χ1n) is 24.8. The van der Waals surface area contributed by atoms with Crippen molar-refractivity contribution < 1.29 is 47.2 Å². The van der Waals surface area contributed by atoms with Gasteiger partial charge in [-0.1, -0.05) is 177 Å². The van der Waals surface area contributed by atoms with E-state index in [2.05, 4.69) is 43.4 Å². The first kappa shape index (κ1) is 60.4. The predicted octanol–water partition coefficient (Wildman–Crippen LogP) is 13.6. The molecule has 0 aromatic carbocycles. The maximum Gasteiger partial charge on any atom is 0.472 e. The van der Waals surface area contributed by atoms with E-state index in [-0.39, 0.29) is 26.1 Å². The van der Waals surface area contributed by atoms with Crippen molar-refractivity contribution >= 4 is 19.8 Å². The molecule has 0 aliphatic heterocycles. The van der Waals surface area contributed by atoms with Gasteiger partial charge in [0.25, 0.3) is 0 Å². The Bertz CT molecular complexity index is 1320. The van der Waals surface area contributed by atoms with Crippen LogP contribution in [-0.2, 0) is 32.7 Å². The smallest absolute Gasteiger partial charge is 0.462 e. The van der Waals surface area contributed by atoms with Crippen LogP contribution in [0.25, 0.3) is 0 Å². The second-order valence-electron chi connectivity index (χ2n) is 17.7. The number of allylic oxidation sites excluding steroid dienone is 10. The van der Waals surface area contributed by atoms with Crippen molar-refractivity contribution in [1.82, 2.24) is 0 Å². The number of nitrogens with zero attached hydrogens (tertiary/aromatic N) is 1. The normalized spacial score (nSPS) is 14.6. The highest BCUT2D eigenvalue weighted by atomic mass is 31.2. The lowest BCUT2D eigenvalue weighted by molar-refractivity contribution is -0.870. The number of aliphatic hydroxyl groups excluding tert-OH is 1. The fraction of sp³-hybridized carbons (Fsp3) is 0.731. The number of phosphoric acid groups is 1. The van der Waals surface area contributed by atoms with E-state index >= 15 is 0 Å². The SMILES string of the molecule is CC/C=C\C(O)C/C=C/C=C\C/C=C\C/C=C\CCCC(=O)OC[C@H](COP(=O)(O)OCC[N+](C)(C)C)OC(=O)CCCCCCCCCCCCC/C=C\CCCCCCCC. The molecule has 3 atom stereocenters. The number of carbonyl (C=O) groups excluding carboxylic acids is 2. The number of esters is 2. The van der Waals surface area contributed by atoms with Crippen LogP contribution < -0.4 is 0 Å². The number of phosphoric ester groups is 1. The second kappa shape index (κ2) is 43.3. The van der Waals surface area contributed by atoms with E-state index in [1.807, 2.05) is 64.5 Å². The average Bonchev–Trinajstić information content (AvgIpc) is 3.23. The summed E-state index contributed by atoms with van der Waals surface area (Å²) in [7, 11) is 1.41. The van der Waals surface area contributed by atoms with Crippen LogP contribution in [-0.4, -0.2) is 86.1 Å². The summed E-state index contributed by atoms with van der Waals surface area (Å²) in [5, 5.41) is 9.78. The first-order valence-corrected chi connectivity index (χ1v) is 26.3. The molecule has 364 valence electrons. The Morgan fingerprint density at radius 2 is 1.10 bits per heavy atom. The van der Waals surface area contributed by atoms with Gasteiger partial charge in [0.2, 0.25) is 0 Å². The fourth-order valence-electron chi connectivity index (χ4n) is 6.42. The predicted molar refractivity (Wildman–Crippen MR) is 262 cm³/mol. The third-order valence-electron chi connectivity index (χ3n) is 10.3. The van der Waals surface area contributed by atoms with E-state index in [0.717, 1.165) is 38.5 Å². The molecule has 0 saturated carbocycles. The Balaban J connectivity index is 4.38. The lowest BCUT2D eigenvalue weighted by Crippen LogP contribution is -2.37. The summed E-state index contributed by atoms with van der Waals surface area (Å²) >= 11 is 0. The highest BCUT2D eigenvalue weighted by molar-refractivity contribution is 7.47. The minimum Gasteiger partial charge on any atom is -0.462 e. The maximum atomic E-state index is 12.7. The molecule has 0 amide bonds. The number of quaternary nitrogens is 1. The summed E-state index contributed by atoms with van der Waals surface area (Å²) < 4.78 is 34.3. The van der Waals surface area contributed by atoms with Crippen molar-refractivity contribution in [2.24, 2.45) is 0 Å². The van der Waals surface area contributed by atoms with Crippen LogP contribution in [0.2, 0.25) is 0 Å². The Morgan fingerprint density at radius 3 is 1.70 bits per heavy atom. The average molecular weight is 907 g/mol. The molecule has 2 unspecified atom stereocenters. The number of rotatable bonds is 44. The molecule has 0 radical (unpaired) electrons. The molecular formula is C52H93NO9P+. The van der Waals surface area contributed by atoms with E-state index in [0.29, 0.717) is 36.7 Å². The van der Waals surface area contributed by atoms with Crippen LogP contribution in [0.3, 0.4) is 0 Å². The molecule has 0 spiro atoms. The van der Waals surface area contributed by atoms with Crippen LogP contribution in [0.15, 0.2) is 72.9 Å². The largest absolute Gasteiger partial charge is 0.472 e. The first-order chi connectivity index (χ1) is 30.4. The van der Waals surface area contributed by atoms with E-state index < -0.39 is 38.6 Å². The van der Waals surface area contributed by atoms with E-state index in [9.17, 15) is 24.2 Å². The Morgan fingerprint density at radius 1 is 0.587 bits per heavy atom. The number of ether oxygens (including phenoxy) is 2. The molecule has 63 heavy (non-hydrogen) atoms. The zero-order valence-corrected chi connectivity index (χ0v) is 41.5. The standard InChI is InChI=1S/C52H92NO9P/c1-6-8-10-11-12-13-14-15-16-17-18-19-20-21-22-23-28-31-34-37-40-44-52(56)62-50(48-61-63(57,58)60-46-45-53(3,4)5)47-59-51(55)43-39-36-33-30-27-25-24-26-29-32-35-38-42-49(54)41-9-7-2/h9,15-16,24-25,29-30,32-33,35,38,41,49-50,54H,6-8,10-14,17-23,26-28,31,34,36-37,39-40,42-48H2,1-5H3/p+1/b16-15-,25-24-,32-29-,33-30-,38-35+,41-9-/t49?,50-/m1/s1. The van der Waals surface area contributed by atoms with Crippen molar-refractivity contribution in [3.63, 3.8) is 0 Å². The van der Waals surface area contributed by atoms with Gasteiger partial charge in [0.15, 0.2) is 6.10 Å². The molecule has 11 heteroatoms. The van der Waals surface area contributed by atoms with Crippen molar-refractivity contribution in [2.75, 3.05) is 47.5 Å². The second-order valence-corrected chi connectivity index (χ2v) is 19.1. The number of aliphatic hydroxyl groups is 1. The summed E-state index contributed by atoms with van der Waals surface area (Å²) in [5.74, 6) is -0.893. The van der Waals surface area contributed by atoms with Crippen molar-refractivity contribution in [2.45, 2.75) is 199 Å². The lowest BCUT2D eigenvalue weighted by Gasteiger charge is -2.24. The third-order valence-corrected chi connectivity index (χ3v) is 11.3. The van der Waals surface area contributed by atoms with Gasteiger partial charge in [-0.25, -0.2) is 4.57 Å². The fourth-order valence-corrected chi connectivity index (χ4v) is 7.16. The molecule has 2 N–H and O–H groups in total. The topological polar surface area (TPSA) is 129 Å². The van der Waals surface area contributed by atoms with Crippen LogP contribution in [0.1, 0.15) is 187 Å². The highest BCUT2D eigenvalue weighted by Crippen LogP contribution is 2.43. The van der Waals surface area contributed by atoms with Gasteiger partial charge in [0, 0.05) is 12.8 Å². The van der Waals surface area contributed by atoms with Crippen molar-refractivity contribution in [1.29, 1.82) is 0 Å². The number of hydrogen-bond acceptors (Lipinski definition) is 8. The summed E-state index contributed by atoms with van der Waals surface area (Å²) in [6.07, 6.45) is 51.6. The number of carbonyl (C=O) groups is 2. The number of unbranched alkanes of at least 4 members (excludes halogenated alkanes) is 18. The minimum absolute atomic E-state index is 0.0128. The van der Waals surface area contributed by atoms with Crippen LogP contribution in [0, 0.1) is 0 Å². The van der Waals surface area contributed by atoms with Gasteiger partial charge < -0.3 is 24.0 Å². The van der Waals surface area contributed by atoms with E-state index in [4.69, 9.17) is 18.5 Å². The van der Waals surface area contributed by atoms with Gasteiger partial charge in [-0.05, 0) is 70.6 Å². The van der Waals surface area contributed by atoms with Gasteiger partial charge in [0.05, 0.1) is 33.9 Å². The number of hydrogen-bond donors (Lipinski definition) is 2. The lowest BCUT2D eigenvalue weighted by atomic mass is 10.0. The van der Waals surface area contributed by atoms with Gasteiger partial charge in [-0.3, -0.25) is 18.6 Å². The van der Waals surface area contributed by atoms with E-state index in [1.54, 1.807) is 0 Å². The minimum atomic E-state index is -4.40. The Hall–Kier alpha value is -2.59. The summed E-state index contributed by atoms with van der Waals surface area (Å²) in [5.41, 5.74) is 0. The van der Waals surface area contributed by atoms with Crippen molar-refractivity contribution in [3.8, 4) is 0 Å². The molecule has 0 bridgehead atoms. The molecule has 0 heterocycles. The van der Waals surface area contributed by atoms with Crippen LogP contribution in [0.5, 0.6) is 0 Å². The number of likely N-dealkylation sites (N-methyl/N-ethyl adjacent to an activating group) is 1. The summed E-state index contributed by atoms with van der Waals surface area (Å²) in [6, 6.07) is 0. The summed E-state index contributed by atoms with van der Waals surface area (Å²) in [6.45, 7) is 4.11. The zero-order chi connectivity index (χ0) is 46.5. The van der Waals surface area contributed by atoms with Crippen molar-refractivity contribution in [3.05, 3.63) is 72.9 Å². The molecule has 10 nitrogen and oxygen atoms in total. The third kappa shape index (κ3) is 47.2. The Kier molecular flexibility index (Phi) is 41.5. The highest BCUT2D eigenvalue weighted by Gasteiger charge is 2.27. The van der Waals surface area contributed by atoms with Gasteiger partial charge in [-0.2, -0.15) is 0 Å². The monoisotopic (exact) mass is 907 g/mol. The zero-order valence-electron chi connectivity index (χ0n) is 40.6. The molecule has 0 aliphatic carbocycles. The Labute approximate surface area is 385 Å². The van der Waals surface area contributed by atoms with E-state index in [1.165, 1.54) is 96.3 Å². The summed E-state index contributed by atoms with van der Waals surface area (Å²) in [4.78, 5) is 35.5. The van der Waals surface area contributed by atoms with Gasteiger partial charge in [0.1, 0.15) is 19.8 Å². The molecule has 0 aromatic rings. The molecule has 0 aliphatic rings. The molecule has 0 aromatic heterocycles. The molecule has 0 rings (SSSR count). The van der Waals surface area contributed by atoms with Gasteiger partial charge >= 0.3 is 19.8 Å². The van der Waals surface area contributed by atoms with Crippen LogP contribution >= 0.6 is 7.82 Å². The van der Waals surface area contributed by atoms with Crippen LogP contribution in [0.4, 0.5) is 0 Å².